The zero-order chi connectivity index (χ0) is 24.6. The zero-order valence-electron chi connectivity index (χ0n) is 19.1. The predicted octanol–water partition coefficient (Wildman–Crippen LogP) is 2.92. The van der Waals surface area contributed by atoms with Gasteiger partial charge < -0.3 is 30.9 Å². The summed E-state index contributed by atoms with van der Waals surface area (Å²) in [5.41, 5.74) is 13.9. The van der Waals surface area contributed by atoms with Crippen molar-refractivity contribution in [2.24, 2.45) is 11.5 Å². The summed E-state index contributed by atoms with van der Waals surface area (Å²) >= 11 is 0. The van der Waals surface area contributed by atoms with Gasteiger partial charge in [-0.3, -0.25) is 14.6 Å². The van der Waals surface area contributed by atoms with Crippen LogP contribution in [0.25, 0.3) is 10.9 Å². The van der Waals surface area contributed by atoms with Crippen molar-refractivity contribution in [2.75, 3.05) is 11.9 Å². The minimum Gasteiger partial charge on any atom is -0.472 e. The number of nitrogens with one attached hydrogen (secondary N) is 2. The number of furan rings is 1. The number of fused-ring (bicyclic) bond motifs is 1. The number of aryl methyl sites for hydroxylation is 1. The van der Waals surface area contributed by atoms with Crippen LogP contribution in [0.2, 0.25) is 0 Å². The third kappa shape index (κ3) is 6.31. The van der Waals surface area contributed by atoms with Gasteiger partial charge in [0.25, 0.3) is 5.91 Å². The zero-order valence-corrected chi connectivity index (χ0v) is 19.1. The van der Waals surface area contributed by atoms with Crippen molar-refractivity contribution >= 4 is 28.4 Å². The molecule has 3 heterocycles. The lowest BCUT2D eigenvalue weighted by Crippen LogP contribution is -2.42. The maximum atomic E-state index is 12.8. The Kier molecular flexibility index (Phi) is 7.86. The highest BCUT2D eigenvalue weighted by atomic mass is 16.3. The Labute approximate surface area is 202 Å². The largest absolute Gasteiger partial charge is 0.472 e. The van der Waals surface area contributed by atoms with Crippen LogP contribution in [0.1, 0.15) is 47.2 Å². The molecule has 0 unspecified atom stereocenters. The molecule has 35 heavy (non-hydrogen) atoms. The van der Waals surface area contributed by atoms with Crippen LogP contribution in [0.4, 0.5) is 5.69 Å². The number of hydrogen-bond acceptors (Lipinski definition) is 8. The molecule has 0 fully saturated rings. The van der Waals surface area contributed by atoms with Crippen molar-refractivity contribution in [1.82, 2.24) is 15.3 Å². The molecule has 4 rings (SSSR count). The van der Waals surface area contributed by atoms with Gasteiger partial charge in [-0.1, -0.05) is 18.2 Å². The Bertz CT molecular complexity index is 1270. The summed E-state index contributed by atoms with van der Waals surface area (Å²) in [5, 5.41) is 6.58. The average Bonchev–Trinajstić information content (AvgIpc) is 3.57. The molecule has 0 saturated heterocycles. The van der Waals surface area contributed by atoms with Crippen LogP contribution in [0.5, 0.6) is 0 Å². The Balaban J connectivity index is 1.46. The fourth-order valence-corrected chi connectivity index (χ4v) is 3.64. The van der Waals surface area contributed by atoms with Gasteiger partial charge in [-0.05, 0) is 56.0 Å². The maximum Gasteiger partial charge on any atom is 0.277 e. The number of pyridine rings is 1. The molecule has 4 aromatic rings. The van der Waals surface area contributed by atoms with Crippen molar-refractivity contribution in [3.8, 4) is 0 Å². The van der Waals surface area contributed by atoms with Gasteiger partial charge in [-0.25, -0.2) is 4.98 Å². The van der Waals surface area contributed by atoms with Crippen molar-refractivity contribution in [2.45, 2.75) is 37.8 Å². The molecule has 6 N–H and O–H groups in total. The Hall–Kier alpha value is -4.02. The molecule has 0 bridgehead atoms. The summed E-state index contributed by atoms with van der Waals surface area (Å²) in [4.78, 5) is 34.1. The highest BCUT2D eigenvalue weighted by Gasteiger charge is 2.24. The van der Waals surface area contributed by atoms with Gasteiger partial charge in [0.05, 0.1) is 36.0 Å². The number of nitrogens with two attached hydrogens (primary N) is 2. The summed E-state index contributed by atoms with van der Waals surface area (Å²) in [6.07, 6.45) is 8.26. The Morgan fingerprint density at radius 3 is 2.77 bits per heavy atom. The first-order valence-electron chi connectivity index (χ1n) is 11.4. The SMILES string of the molecule is NCCC[C@@H](N)C(=O)N[C@H](CCc1ccoc1)c1nc(C(=O)Nc2cnc3ccccc3c2)co1. The average molecular weight is 477 g/mol. The number of aromatic nitrogens is 2. The number of anilines is 1. The second-order valence-electron chi connectivity index (χ2n) is 8.21. The Morgan fingerprint density at radius 1 is 1.11 bits per heavy atom. The van der Waals surface area contributed by atoms with E-state index in [-0.39, 0.29) is 17.5 Å². The number of carbonyl (C=O) groups excluding carboxylic acids is 2. The summed E-state index contributed by atoms with van der Waals surface area (Å²) in [6.45, 7) is 0.454. The second kappa shape index (κ2) is 11.4. The molecule has 0 radical (unpaired) electrons. The van der Waals surface area contributed by atoms with Gasteiger partial charge in [-0.2, -0.15) is 0 Å². The molecule has 0 aliphatic rings. The van der Waals surface area contributed by atoms with E-state index in [4.69, 9.17) is 20.3 Å². The van der Waals surface area contributed by atoms with Gasteiger partial charge in [0.2, 0.25) is 11.8 Å². The molecular formula is C25H28N6O4. The number of hydrogen-bond donors (Lipinski definition) is 4. The van der Waals surface area contributed by atoms with E-state index in [0.717, 1.165) is 16.5 Å². The molecule has 0 aliphatic carbocycles. The number of rotatable bonds is 11. The summed E-state index contributed by atoms with van der Waals surface area (Å²) in [5.74, 6) is -0.562. The topological polar surface area (TPSA) is 162 Å². The molecule has 10 heteroatoms. The van der Waals surface area contributed by atoms with E-state index in [0.29, 0.717) is 37.9 Å². The monoisotopic (exact) mass is 476 g/mol. The molecule has 2 amide bonds. The van der Waals surface area contributed by atoms with Gasteiger partial charge in [-0.15, -0.1) is 0 Å². The number of amides is 2. The van der Waals surface area contributed by atoms with E-state index in [9.17, 15) is 9.59 Å². The normalized spacial score (nSPS) is 12.9. The highest BCUT2D eigenvalue weighted by molar-refractivity contribution is 6.03. The maximum absolute atomic E-state index is 12.8. The third-order valence-electron chi connectivity index (χ3n) is 5.58. The number of oxazole rings is 1. The van der Waals surface area contributed by atoms with Gasteiger partial charge in [0, 0.05) is 5.39 Å². The van der Waals surface area contributed by atoms with Gasteiger partial charge in [0.15, 0.2) is 5.69 Å². The lowest BCUT2D eigenvalue weighted by Gasteiger charge is -2.18. The second-order valence-corrected chi connectivity index (χ2v) is 8.21. The van der Waals surface area contributed by atoms with Crippen molar-refractivity contribution in [1.29, 1.82) is 0 Å². The minimum absolute atomic E-state index is 0.0862. The number of nitrogens with zero attached hydrogens (tertiary/aromatic N) is 2. The van der Waals surface area contributed by atoms with Crippen LogP contribution >= 0.6 is 0 Å². The molecule has 0 aliphatic heterocycles. The number of benzene rings is 1. The van der Waals surface area contributed by atoms with Crippen molar-refractivity contribution < 1.29 is 18.4 Å². The molecule has 1 aromatic carbocycles. The van der Waals surface area contributed by atoms with E-state index < -0.39 is 18.0 Å². The minimum atomic E-state index is -0.701. The van der Waals surface area contributed by atoms with Gasteiger partial charge in [0.1, 0.15) is 12.3 Å². The lowest BCUT2D eigenvalue weighted by atomic mass is 10.1. The van der Waals surface area contributed by atoms with Crippen molar-refractivity contribution in [3.63, 3.8) is 0 Å². The van der Waals surface area contributed by atoms with Crippen LogP contribution in [-0.2, 0) is 11.2 Å². The molecule has 10 nitrogen and oxygen atoms in total. The van der Waals surface area contributed by atoms with Gasteiger partial charge >= 0.3 is 0 Å². The van der Waals surface area contributed by atoms with Crippen LogP contribution in [0.15, 0.2) is 70.2 Å². The van der Waals surface area contributed by atoms with E-state index >= 15 is 0 Å². The summed E-state index contributed by atoms with van der Waals surface area (Å²) in [7, 11) is 0. The van der Waals surface area contributed by atoms with E-state index in [1.807, 2.05) is 36.4 Å². The first-order chi connectivity index (χ1) is 17.0. The molecule has 3 aromatic heterocycles. The third-order valence-corrected chi connectivity index (χ3v) is 5.58. The van der Waals surface area contributed by atoms with E-state index in [2.05, 4.69) is 20.6 Å². The van der Waals surface area contributed by atoms with Crippen LogP contribution in [-0.4, -0.2) is 34.4 Å². The standard InChI is InChI=1S/C25H28N6O4/c26-10-3-5-19(27)23(32)30-21(8-7-16-9-11-34-14-16)25-31-22(15-35-25)24(33)29-18-12-17-4-1-2-6-20(17)28-13-18/h1-2,4,6,9,11-15,19,21H,3,5,7-8,10,26-27H2,(H,29,33)(H,30,32)/t19-,21-/m1/s1. The Morgan fingerprint density at radius 2 is 1.97 bits per heavy atom. The first kappa shape index (κ1) is 24.1. The van der Waals surface area contributed by atoms with Crippen molar-refractivity contribution in [3.05, 3.63) is 78.5 Å². The lowest BCUT2D eigenvalue weighted by molar-refractivity contribution is -0.123. The molecule has 182 valence electrons. The summed E-state index contributed by atoms with van der Waals surface area (Å²) < 4.78 is 10.7. The summed E-state index contributed by atoms with van der Waals surface area (Å²) in [6, 6.07) is 10.0. The number of carbonyl (C=O) groups is 2. The molecular weight excluding hydrogens is 448 g/mol. The molecule has 0 saturated carbocycles. The fourth-order valence-electron chi connectivity index (χ4n) is 3.64. The smallest absolute Gasteiger partial charge is 0.277 e. The first-order valence-corrected chi connectivity index (χ1v) is 11.4. The van der Waals surface area contributed by atoms with E-state index in [1.165, 1.54) is 6.26 Å². The predicted molar refractivity (Wildman–Crippen MR) is 130 cm³/mol. The number of para-hydroxylation sites is 1. The highest BCUT2D eigenvalue weighted by Crippen LogP contribution is 2.21. The quantitative estimate of drug-likeness (QED) is 0.257. The molecule has 0 spiro atoms. The fraction of sp³-hybridized carbons (Fsp3) is 0.280. The molecule has 2 atom stereocenters. The van der Waals surface area contributed by atoms with Crippen LogP contribution in [0.3, 0.4) is 0 Å². The van der Waals surface area contributed by atoms with E-state index in [1.54, 1.807) is 18.7 Å². The van der Waals surface area contributed by atoms with Crippen LogP contribution in [0, 0.1) is 0 Å². The van der Waals surface area contributed by atoms with Crippen LogP contribution < -0.4 is 22.1 Å².